The molecule has 0 atom stereocenters. The molecule has 1 N–H and O–H groups in total. The summed E-state index contributed by atoms with van der Waals surface area (Å²) >= 11 is 1.52. The molecule has 0 radical (unpaired) electrons. The number of hydrogen-bond donors (Lipinski definition) is 1. The quantitative estimate of drug-likeness (QED) is 0.506. The molecule has 7 heteroatoms. The lowest BCUT2D eigenvalue weighted by Gasteiger charge is -2.04. The number of carbonyl (C=O) groups is 1. The van der Waals surface area contributed by atoms with Gasteiger partial charge in [0.2, 0.25) is 0 Å². The minimum absolute atomic E-state index is 0.129. The average molecular weight is 391 g/mol. The number of esters is 1. The number of benzene rings is 2. The van der Waals surface area contributed by atoms with Crippen molar-refractivity contribution >= 4 is 28.2 Å². The zero-order valence-electron chi connectivity index (χ0n) is 14.9. The van der Waals surface area contributed by atoms with Gasteiger partial charge in [0.1, 0.15) is 17.4 Å². The van der Waals surface area contributed by atoms with Crippen LogP contribution in [-0.4, -0.2) is 20.9 Å². The number of aromatic nitrogens is 3. The minimum atomic E-state index is -0.356. The highest BCUT2D eigenvalue weighted by molar-refractivity contribution is 7.13. The number of hydrogen-bond acceptors (Lipinski definition) is 6. The molecule has 4 aromatic rings. The monoisotopic (exact) mass is 391 g/mol. The molecule has 6 nitrogen and oxygen atoms in total. The second-order valence-electron chi connectivity index (χ2n) is 6.20. The summed E-state index contributed by atoms with van der Waals surface area (Å²) in [6, 6.07) is 17.0. The zero-order chi connectivity index (χ0) is 19.3. The van der Waals surface area contributed by atoms with Crippen LogP contribution < -0.4 is 5.56 Å². The van der Waals surface area contributed by atoms with E-state index in [9.17, 15) is 9.59 Å². The molecular weight excluding hydrogens is 374 g/mol. The van der Waals surface area contributed by atoms with Crippen LogP contribution in [0.3, 0.4) is 0 Å². The van der Waals surface area contributed by atoms with Crippen molar-refractivity contribution in [2.75, 3.05) is 0 Å². The maximum absolute atomic E-state index is 12.1. The molecule has 0 bridgehead atoms. The van der Waals surface area contributed by atoms with E-state index < -0.39 is 0 Å². The van der Waals surface area contributed by atoms with E-state index in [-0.39, 0.29) is 24.6 Å². The number of rotatable bonds is 6. The van der Waals surface area contributed by atoms with Crippen molar-refractivity contribution in [3.05, 3.63) is 81.8 Å². The SMILES string of the molecule is O=C(CCc1nc2ccccc2c(=O)[nH]1)OCc1csc(-c2ccccc2)n1. The first-order valence-corrected chi connectivity index (χ1v) is 9.70. The fourth-order valence-corrected chi connectivity index (χ4v) is 3.60. The second kappa shape index (κ2) is 8.14. The number of thiazole rings is 1. The third-order valence-corrected chi connectivity index (χ3v) is 5.12. The Labute approximate surface area is 164 Å². The zero-order valence-corrected chi connectivity index (χ0v) is 15.7. The Morgan fingerprint density at radius 2 is 1.82 bits per heavy atom. The number of nitrogens with one attached hydrogen (secondary N) is 1. The molecule has 0 saturated heterocycles. The van der Waals surface area contributed by atoms with Gasteiger partial charge in [0.15, 0.2) is 0 Å². The van der Waals surface area contributed by atoms with Gasteiger partial charge in [-0.15, -0.1) is 11.3 Å². The number of H-pyrrole nitrogens is 1. The maximum Gasteiger partial charge on any atom is 0.306 e. The molecule has 2 aromatic heterocycles. The highest BCUT2D eigenvalue weighted by Gasteiger charge is 2.10. The van der Waals surface area contributed by atoms with Crippen LogP contribution in [0.15, 0.2) is 64.8 Å². The van der Waals surface area contributed by atoms with Crippen molar-refractivity contribution in [1.82, 2.24) is 15.0 Å². The van der Waals surface area contributed by atoms with Gasteiger partial charge in [-0.25, -0.2) is 9.97 Å². The van der Waals surface area contributed by atoms with Crippen molar-refractivity contribution in [3.8, 4) is 10.6 Å². The molecule has 0 amide bonds. The Morgan fingerprint density at radius 3 is 2.68 bits per heavy atom. The van der Waals surface area contributed by atoms with Crippen LogP contribution in [0.5, 0.6) is 0 Å². The van der Waals surface area contributed by atoms with Crippen LogP contribution in [0, 0.1) is 0 Å². The molecule has 0 saturated carbocycles. The summed E-state index contributed by atoms with van der Waals surface area (Å²) in [5.41, 5.74) is 2.17. The first kappa shape index (κ1) is 18.1. The molecule has 0 spiro atoms. The highest BCUT2D eigenvalue weighted by atomic mass is 32.1. The van der Waals surface area contributed by atoms with Crippen molar-refractivity contribution in [3.63, 3.8) is 0 Å². The molecule has 0 aliphatic heterocycles. The molecule has 140 valence electrons. The molecular formula is C21H17N3O3S. The Balaban J connectivity index is 1.33. The van der Waals surface area contributed by atoms with Gasteiger partial charge in [-0.3, -0.25) is 9.59 Å². The molecule has 2 heterocycles. The van der Waals surface area contributed by atoms with Gasteiger partial charge in [0, 0.05) is 17.4 Å². The third kappa shape index (κ3) is 4.15. The van der Waals surface area contributed by atoms with Crippen LogP contribution >= 0.6 is 11.3 Å². The Hall–Kier alpha value is -3.32. The van der Waals surface area contributed by atoms with E-state index in [4.69, 9.17) is 4.74 Å². The fraction of sp³-hybridized carbons (Fsp3) is 0.143. The van der Waals surface area contributed by atoms with Gasteiger partial charge in [-0.2, -0.15) is 0 Å². The Bertz CT molecular complexity index is 1170. The number of nitrogens with zero attached hydrogens (tertiary/aromatic N) is 2. The largest absolute Gasteiger partial charge is 0.459 e. The van der Waals surface area contributed by atoms with Crippen LogP contribution in [0.2, 0.25) is 0 Å². The molecule has 28 heavy (non-hydrogen) atoms. The number of para-hydroxylation sites is 1. The summed E-state index contributed by atoms with van der Waals surface area (Å²) in [7, 11) is 0. The first-order valence-electron chi connectivity index (χ1n) is 8.82. The van der Waals surface area contributed by atoms with E-state index in [2.05, 4.69) is 15.0 Å². The van der Waals surface area contributed by atoms with E-state index in [1.165, 1.54) is 11.3 Å². The molecule has 4 rings (SSSR count). The lowest BCUT2D eigenvalue weighted by atomic mass is 10.2. The normalized spacial score (nSPS) is 10.9. The molecule has 0 unspecified atom stereocenters. The lowest BCUT2D eigenvalue weighted by Crippen LogP contribution is -2.14. The van der Waals surface area contributed by atoms with Crippen LogP contribution in [0.25, 0.3) is 21.5 Å². The molecule has 2 aromatic carbocycles. The topological polar surface area (TPSA) is 84.9 Å². The Morgan fingerprint density at radius 1 is 1.04 bits per heavy atom. The highest BCUT2D eigenvalue weighted by Crippen LogP contribution is 2.23. The van der Waals surface area contributed by atoms with E-state index in [0.29, 0.717) is 23.1 Å². The number of carbonyl (C=O) groups excluding carboxylic acids is 1. The van der Waals surface area contributed by atoms with Gasteiger partial charge in [-0.05, 0) is 12.1 Å². The van der Waals surface area contributed by atoms with Crippen molar-refractivity contribution in [2.45, 2.75) is 19.4 Å². The molecule has 0 fully saturated rings. The summed E-state index contributed by atoms with van der Waals surface area (Å²) in [6.07, 6.45) is 0.447. The van der Waals surface area contributed by atoms with E-state index in [0.717, 1.165) is 16.3 Å². The fourth-order valence-electron chi connectivity index (χ4n) is 2.79. The predicted octanol–water partition coefficient (Wildman–Crippen LogP) is 3.72. The maximum atomic E-state index is 12.1. The van der Waals surface area contributed by atoms with Gasteiger partial charge >= 0.3 is 5.97 Å². The van der Waals surface area contributed by atoms with Crippen LogP contribution in [-0.2, 0) is 22.6 Å². The summed E-state index contributed by atoms with van der Waals surface area (Å²) in [4.78, 5) is 35.7. The second-order valence-corrected chi connectivity index (χ2v) is 7.06. The summed E-state index contributed by atoms with van der Waals surface area (Å²) < 4.78 is 5.30. The number of ether oxygens (including phenoxy) is 1. The molecule has 0 aliphatic carbocycles. The lowest BCUT2D eigenvalue weighted by molar-refractivity contribution is -0.145. The van der Waals surface area contributed by atoms with Crippen molar-refractivity contribution < 1.29 is 9.53 Å². The Kier molecular flexibility index (Phi) is 5.25. The summed E-state index contributed by atoms with van der Waals surface area (Å²) in [5, 5.41) is 3.31. The van der Waals surface area contributed by atoms with Gasteiger partial charge in [0.25, 0.3) is 5.56 Å². The summed E-state index contributed by atoms with van der Waals surface area (Å²) in [6.45, 7) is 0.129. The van der Waals surface area contributed by atoms with Gasteiger partial charge in [-0.1, -0.05) is 42.5 Å². The summed E-state index contributed by atoms with van der Waals surface area (Å²) in [5.74, 6) is 0.116. The number of aryl methyl sites for hydroxylation is 1. The van der Waals surface area contributed by atoms with E-state index >= 15 is 0 Å². The first-order chi connectivity index (χ1) is 13.7. The molecule has 0 aliphatic rings. The third-order valence-electron chi connectivity index (χ3n) is 4.18. The minimum Gasteiger partial charge on any atom is -0.459 e. The van der Waals surface area contributed by atoms with E-state index in [1.807, 2.05) is 41.8 Å². The average Bonchev–Trinajstić information content (AvgIpc) is 3.21. The van der Waals surface area contributed by atoms with Crippen molar-refractivity contribution in [1.29, 1.82) is 0 Å². The number of aromatic amines is 1. The van der Waals surface area contributed by atoms with Gasteiger partial charge in [0.05, 0.1) is 23.0 Å². The smallest absolute Gasteiger partial charge is 0.306 e. The van der Waals surface area contributed by atoms with Gasteiger partial charge < -0.3 is 9.72 Å². The van der Waals surface area contributed by atoms with Crippen LogP contribution in [0.4, 0.5) is 0 Å². The standard InChI is InChI=1S/C21H17N3O3S/c25-19(11-10-18-23-17-9-5-4-8-16(17)20(26)24-18)27-12-15-13-28-21(22-15)14-6-2-1-3-7-14/h1-9,13H,10-12H2,(H,23,24,26). The van der Waals surface area contributed by atoms with Crippen LogP contribution in [0.1, 0.15) is 17.9 Å². The van der Waals surface area contributed by atoms with Crippen molar-refractivity contribution in [2.24, 2.45) is 0 Å². The number of fused-ring (bicyclic) bond motifs is 1. The van der Waals surface area contributed by atoms with E-state index in [1.54, 1.807) is 18.2 Å². The predicted molar refractivity (Wildman–Crippen MR) is 108 cm³/mol.